The lowest BCUT2D eigenvalue weighted by atomic mass is 10.0. The number of hydrogen-bond donors (Lipinski definition) is 2. The van der Waals surface area contributed by atoms with Crippen LogP contribution < -0.4 is 10.0 Å². The molecule has 1 unspecified atom stereocenters. The smallest absolute Gasteiger partial charge is 0.340 e. The third kappa shape index (κ3) is 4.52. The Morgan fingerprint density at radius 3 is 2.38 bits per heavy atom. The number of aromatic nitrogens is 1. The number of nitriles is 1. The van der Waals surface area contributed by atoms with Gasteiger partial charge in [-0.1, -0.05) is 6.92 Å². The molecule has 1 aliphatic rings. The van der Waals surface area contributed by atoms with Crippen LogP contribution in [0.25, 0.3) is 0 Å². The Labute approximate surface area is 192 Å². The monoisotopic (exact) mass is 504 g/mol. The largest absolute Gasteiger partial charge is 0.407 e. The van der Waals surface area contributed by atoms with Crippen LogP contribution in [-0.2, 0) is 17.1 Å². The van der Waals surface area contributed by atoms with Gasteiger partial charge in [-0.3, -0.25) is 4.79 Å². The summed E-state index contributed by atoms with van der Waals surface area (Å²) in [6, 6.07) is 4.61. The molecule has 13 heteroatoms. The zero-order valence-electron chi connectivity index (χ0n) is 18.3. The second-order valence-electron chi connectivity index (χ2n) is 8.26. The third-order valence-corrected chi connectivity index (χ3v) is 7.47. The van der Waals surface area contributed by atoms with Gasteiger partial charge in [0.05, 0.1) is 5.56 Å². The van der Waals surface area contributed by atoms with E-state index in [0.29, 0.717) is 19.8 Å². The number of anilines is 1. The minimum Gasteiger partial charge on any atom is -0.340 e. The maximum atomic E-state index is 15.5. The number of hydrogen-bond acceptors (Lipinski definition) is 4. The molecule has 0 bridgehead atoms. The van der Waals surface area contributed by atoms with Crippen molar-refractivity contribution in [2.45, 2.75) is 55.6 Å². The average Bonchev–Trinajstić information content (AvgIpc) is 3.52. The molecule has 3 rings (SSSR count). The van der Waals surface area contributed by atoms with Crippen molar-refractivity contribution in [1.29, 1.82) is 5.26 Å². The molecule has 7 nitrogen and oxygen atoms in total. The van der Waals surface area contributed by atoms with E-state index < -0.39 is 62.2 Å². The van der Waals surface area contributed by atoms with E-state index in [1.54, 1.807) is 10.8 Å². The summed E-state index contributed by atoms with van der Waals surface area (Å²) < 4.78 is 98.2. The number of benzene rings is 1. The van der Waals surface area contributed by atoms with Crippen molar-refractivity contribution in [2.75, 3.05) is 5.32 Å². The molecule has 34 heavy (non-hydrogen) atoms. The molecule has 0 aliphatic heterocycles. The summed E-state index contributed by atoms with van der Waals surface area (Å²) in [5.41, 5.74) is -4.15. The van der Waals surface area contributed by atoms with Crippen LogP contribution in [0.2, 0.25) is 0 Å². The Kier molecular flexibility index (Phi) is 6.53. The molecule has 1 fully saturated rings. The highest BCUT2D eigenvalue weighted by Crippen LogP contribution is 2.45. The minimum absolute atomic E-state index is 0.0605. The molecular formula is C21H21F5N4O3S. The molecule has 0 radical (unpaired) electrons. The molecule has 1 heterocycles. The predicted molar refractivity (Wildman–Crippen MR) is 111 cm³/mol. The summed E-state index contributed by atoms with van der Waals surface area (Å²) in [4.78, 5) is 11.8. The zero-order chi connectivity index (χ0) is 25.6. The number of amides is 1. The topological polar surface area (TPSA) is 104 Å². The van der Waals surface area contributed by atoms with E-state index in [1.165, 1.54) is 7.05 Å². The molecule has 2 N–H and O–H groups in total. The molecular weight excluding hydrogens is 483 g/mol. The highest BCUT2D eigenvalue weighted by atomic mass is 32.2. The van der Waals surface area contributed by atoms with E-state index in [9.17, 15) is 30.8 Å². The molecule has 1 aromatic heterocycles. The van der Waals surface area contributed by atoms with Gasteiger partial charge in [0, 0.05) is 24.3 Å². The number of rotatable bonds is 7. The predicted octanol–water partition coefficient (Wildman–Crippen LogP) is 4.31. The molecule has 0 spiro atoms. The highest BCUT2D eigenvalue weighted by molar-refractivity contribution is 7.89. The van der Waals surface area contributed by atoms with Gasteiger partial charge in [-0.15, -0.1) is 0 Å². The summed E-state index contributed by atoms with van der Waals surface area (Å²) in [5.74, 6) is -3.92. The fourth-order valence-electron chi connectivity index (χ4n) is 3.52. The van der Waals surface area contributed by atoms with E-state index >= 15 is 4.39 Å². The van der Waals surface area contributed by atoms with Gasteiger partial charge in [0.25, 0.3) is 5.91 Å². The number of carbonyl (C=O) groups is 1. The first kappa shape index (κ1) is 25.6. The van der Waals surface area contributed by atoms with Crippen molar-refractivity contribution in [3.63, 3.8) is 0 Å². The second-order valence-corrected chi connectivity index (χ2v) is 9.88. The fourth-order valence-corrected chi connectivity index (χ4v) is 5.39. The van der Waals surface area contributed by atoms with Gasteiger partial charge >= 0.3 is 6.18 Å². The average molecular weight is 504 g/mol. The van der Waals surface area contributed by atoms with Crippen LogP contribution in [0.1, 0.15) is 60.8 Å². The maximum absolute atomic E-state index is 15.5. The van der Waals surface area contributed by atoms with Gasteiger partial charge in [0.1, 0.15) is 28.0 Å². The highest BCUT2D eigenvalue weighted by Gasteiger charge is 2.53. The number of nitrogens with zero attached hydrogens (tertiary/aromatic N) is 2. The van der Waals surface area contributed by atoms with Crippen LogP contribution in [0.3, 0.4) is 0 Å². The first-order chi connectivity index (χ1) is 15.7. The summed E-state index contributed by atoms with van der Waals surface area (Å²) in [7, 11) is -3.81. The lowest BCUT2D eigenvalue weighted by Gasteiger charge is -2.31. The molecule has 1 aliphatic carbocycles. The Hall–Kier alpha value is -2.98. The number of halogens is 5. The van der Waals surface area contributed by atoms with Crippen LogP contribution in [-0.4, -0.2) is 30.6 Å². The Morgan fingerprint density at radius 1 is 1.26 bits per heavy atom. The number of sulfonamides is 1. The molecule has 1 atom stereocenters. The van der Waals surface area contributed by atoms with Gasteiger partial charge in [-0.25, -0.2) is 17.2 Å². The van der Waals surface area contributed by atoms with Crippen LogP contribution in [0.5, 0.6) is 0 Å². The SMILES string of the molecule is CCC(C)(NS(=O)(=O)c1c(F)c(C(=O)Nc2ccc(F)c(C#N)c2)n(C)c1C1CC1)C(F)(F)F. The molecule has 184 valence electrons. The van der Waals surface area contributed by atoms with Crippen molar-refractivity contribution in [1.82, 2.24) is 9.29 Å². The standard InChI is InChI=1S/C21H21F5N4O3S/c1-4-20(2,21(24,25)26)29-34(32,33)18-15(23)17(30(3)16(18)11-5-6-11)19(31)28-13-7-8-14(22)12(9-13)10-27/h7-9,11,29H,4-6H2,1-3H3,(H,28,31). The van der Waals surface area contributed by atoms with E-state index in [0.717, 1.165) is 29.7 Å². The van der Waals surface area contributed by atoms with Crippen molar-refractivity contribution in [2.24, 2.45) is 7.05 Å². The Balaban J connectivity index is 2.08. The van der Waals surface area contributed by atoms with Crippen molar-refractivity contribution in [3.8, 4) is 6.07 Å². The van der Waals surface area contributed by atoms with Gasteiger partial charge in [0.2, 0.25) is 10.0 Å². The van der Waals surface area contributed by atoms with Crippen LogP contribution in [0.4, 0.5) is 27.6 Å². The maximum Gasteiger partial charge on any atom is 0.407 e. The summed E-state index contributed by atoms with van der Waals surface area (Å²) in [5, 5.41) is 11.2. The summed E-state index contributed by atoms with van der Waals surface area (Å²) in [6.07, 6.45) is -4.67. The molecule has 1 amide bonds. The zero-order valence-corrected chi connectivity index (χ0v) is 19.2. The summed E-state index contributed by atoms with van der Waals surface area (Å²) >= 11 is 0. The van der Waals surface area contributed by atoms with E-state index in [4.69, 9.17) is 5.26 Å². The minimum atomic E-state index is -5.04. The Morgan fingerprint density at radius 2 is 1.88 bits per heavy atom. The van der Waals surface area contributed by atoms with Gasteiger partial charge < -0.3 is 9.88 Å². The van der Waals surface area contributed by atoms with E-state index in [2.05, 4.69) is 5.32 Å². The normalized spacial score (nSPS) is 16.1. The first-order valence-corrected chi connectivity index (χ1v) is 11.6. The van der Waals surface area contributed by atoms with E-state index in [-0.39, 0.29) is 16.9 Å². The number of carbonyl (C=O) groups excluding carboxylic acids is 1. The van der Waals surface area contributed by atoms with Crippen molar-refractivity contribution < 1.29 is 35.2 Å². The quantitative estimate of drug-likeness (QED) is 0.549. The van der Waals surface area contributed by atoms with Crippen LogP contribution >= 0.6 is 0 Å². The molecule has 1 saturated carbocycles. The lowest BCUT2D eigenvalue weighted by Crippen LogP contribution is -2.56. The van der Waals surface area contributed by atoms with Crippen LogP contribution in [0, 0.1) is 23.0 Å². The number of alkyl halides is 3. The first-order valence-electron chi connectivity index (χ1n) is 10.2. The lowest BCUT2D eigenvalue weighted by molar-refractivity contribution is -0.186. The van der Waals surface area contributed by atoms with Crippen LogP contribution in [0.15, 0.2) is 23.1 Å². The van der Waals surface area contributed by atoms with Crippen molar-refractivity contribution >= 4 is 21.6 Å². The number of nitrogens with one attached hydrogen (secondary N) is 2. The van der Waals surface area contributed by atoms with E-state index in [1.807, 2.05) is 0 Å². The summed E-state index contributed by atoms with van der Waals surface area (Å²) in [6.45, 7) is 1.79. The van der Waals surface area contributed by atoms with Gasteiger partial charge in [-0.05, 0) is 44.4 Å². The molecule has 1 aromatic carbocycles. The third-order valence-electron chi connectivity index (χ3n) is 5.82. The second kappa shape index (κ2) is 8.66. The molecule has 0 saturated heterocycles. The fraction of sp³-hybridized carbons (Fsp3) is 0.429. The van der Waals surface area contributed by atoms with Gasteiger partial charge in [0.15, 0.2) is 5.82 Å². The Bertz CT molecular complexity index is 1290. The van der Waals surface area contributed by atoms with Gasteiger partial charge in [-0.2, -0.15) is 23.2 Å². The van der Waals surface area contributed by atoms with Crippen molar-refractivity contribution in [3.05, 3.63) is 46.8 Å². The molecule has 2 aromatic rings.